The Balaban J connectivity index is 2.34. The first-order valence-electron chi connectivity index (χ1n) is 17.8. The number of hydrogen-bond acceptors (Lipinski definition) is 4. The summed E-state index contributed by atoms with van der Waals surface area (Å²) in [5.41, 5.74) is 0.834. The predicted octanol–water partition coefficient (Wildman–Crippen LogP) is 11.0. The zero-order valence-corrected chi connectivity index (χ0v) is 27.8. The van der Waals surface area contributed by atoms with Gasteiger partial charge in [0.1, 0.15) is 5.75 Å². The molecule has 5 heteroatoms. The molecule has 0 radical (unpaired) electrons. The molecule has 2 rings (SSSR count). The minimum atomic E-state index is -0.0642. The van der Waals surface area contributed by atoms with Crippen LogP contribution in [0.25, 0.3) is 10.9 Å². The average Bonchev–Trinajstić information content (AvgIpc) is 3.00. The number of fused-ring (bicyclic) bond motifs is 1. The molecular weight excluding hydrogens is 522 g/mol. The average molecular weight is 586 g/mol. The van der Waals surface area contributed by atoms with Gasteiger partial charge < -0.3 is 18.8 Å². The van der Waals surface area contributed by atoms with Crippen LogP contribution in [-0.4, -0.2) is 24.4 Å². The third kappa shape index (κ3) is 13.4. The van der Waals surface area contributed by atoms with E-state index < -0.39 is 0 Å². The van der Waals surface area contributed by atoms with E-state index >= 15 is 0 Å². The van der Waals surface area contributed by atoms with Gasteiger partial charge in [0, 0.05) is 18.0 Å². The lowest BCUT2D eigenvalue weighted by Crippen LogP contribution is -2.24. The highest BCUT2D eigenvalue weighted by Crippen LogP contribution is 2.35. The highest BCUT2D eigenvalue weighted by molar-refractivity contribution is 5.89. The Labute approximate surface area is 257 Å². The minimum absolute atomic E-state index is 0.0642. The maximum Gasteiger partial charge on any atom is 0.297 e. The van der Waals surface area contributed by atoms with Crippen molar-refractivity contribution in [3.05, 3.63) is 28.6 Å². The second-order valence-corrected chi connectivity index (χ2v) is 12.0. The molecule has 0 N–H and O–H groups in total. The van der Waals surface area contributed by atoms with Gasteiger partial charge in [0.05, 0.1) is 25.3 Å². The highest BCUT2D eigenvalue weighted by atomic mass is 16.5. The van der Waals surface area contributed by atoms with Crippen molar-refractivity contribution >= 4 is 10.9 Å². The minimum Gasteiger partial charge on any atom is -0.494 e. The molecule has 0 saturated carbocycles. The van der Waals surface area contributed by atoms with Crippen molar-refractivity contribution < 1.29 is 14.2 Å². The van der Waals surface area contributed by atoms with Gasteiger partial charge >= 0.3 is 0 Å². The molecule has 240 valence electrons. The van der Waals surface area contributed by atoms with Gasteiger partial charge in [-0.1, -0.05) is 130 Å². The molecule has 5 nitrogen and oxygen atoms in total. The molecule has 0 bridgehead atoms. The summed E-state index contributed by atoms with van der Waals surface area (Å²) in [6, 6.07) is 6.16. The smallest absolute Gasteiger partial charge is 0.297 e. The summed E-state index contributed by atoms with van der Waals surface area (Å²) in [5.74, 6) is 1.83. The van der Waals surface area contributed by atoms with Gasteiger partial charge in [-0.2, -0.15) is 0 Å². The van der Waals surface area contributed by atoms with E-state index in [0.717, 1.165) is 61.6 Å². The van der Waals surface area contributed by atoms with Crippen LogP contribution >= 0.6 is 0 Å². The maximum atomic E-state index is 14.1. The van der Waals surface area contributed by atoms with Gasteiger partial charge in [0.25, 0.3) is 5.56 Å². The van der Waals surface area contributed by atoms with Gasteiger partial charge in [-0.3, -0.25) is 4.79 Å². The monoisotopic (exact) mass is 585 g/mol. The number of rotatable bonds is 27. The van der Waals surface area contributed by atoms with Gasteiger partial charge in [-0.25, -0.2) is 0 Å². The molecule has 0 aliphatic heterocycles. The summed E-state index contributed by atoms with van der Waals surface area (Å²) >= 11 is 0. The lowest BCUT2D eigenvalue weighted by molar-refractivity contribution is 0.256. The molecule has 42 heavy (non-hydrogen) atoms. The number of ether oxygens (including phenoxy) is 3. The van der Waals surface area contributed by atoms with Crippen molar-refractivity contribution in [3.8, 4) is 17.2 Å². The van der Waals surface area contributed by atoms with Crippen LogP contribution in [-0.2, 0) is 6.54 Å². The van der Waals surface area contributed by atoms with Crippen molar-refractivity contribution in [3.63, 3.8) is 0 Å². The molecule has 0 fully saturated rings. The van der Waals surface area contributed by atoms with E-state index in [1.807, 2.05) is 10.6 Å². The lowest BCUT2D eigenvalue weighted by Gasteiger charge is -2.20. The molecule has 0 aliphatic rings. The normalized spacial score (nSPS) is 11.3. The van der Waals surface area contributed by atoms with Crippen molar-refractivity contribution in [1.82, 2.24) is 4.57 Å². The number of hydrogen-bond donors (Lipinski definition) is 0. The second kappa shape index (κ2) is 23.3. The van der Waals surface area contributed by atoms with Gasteiger partial charge in [0.2, 0.25) is 5.75 Å². The zero-order valence-electron chi connectivity index (χ0n) is 27.8. The van der Waals surface area contributed by atoms with Crippen LogP contribution in [0.3, 0.4) is 0 Å². The lowest BCUT2D eigenvalue weighted by atomic mass is 10.1. The van der Waals surface area contributed by atoms with Crippen LogP contribution < -0.4 is 19.8 Å². The molecule has 0 amide bonds. The van der Waals surface area contributed by atoms with Gasteiger partial charge in [-0.05, 0) is 37.8 Å². The highest BCUT2D eigenvalue weighted by Gasteiger charge is 2.20. The summed E-state index contributed by atoms with van der Waals surface area (Å²) < 4.78 is 20.8. The number of nitrogens with zero attached hydrogens (tertiary/aromatic N) is 1. The predicted molar refractivity (Wildman–Crippen MR) is 180 cm³/mol. The van der Waals surface area contributed by atoms with Crippen molar-refractivity contribution in [2.45, 2.75) is 163 Å². The van der Waals surface area contributed by atoms with E-state index in [0.29, 0.717) is 37.9 Å². The number of pyridine rings is 1. The summed E-state index contributed by atoms with van der Waals surface area (Å²) in [5, 5.41) is 0.951. The molecule has 0 atom stereocenters. The van der Waals surface area contributed by atoms with Crippen LogP contribution in [0.2, 0.25) is 0 Å². The third-order valence-electron chi connectivity index (χ3n) is 8.14. The van der Waals surface area contributed by atoms with Crippen LogP contribution in [0.5, 0.6) is 17.2 Å². The largest absolute Gasteiger partial charge is 0.494 e. The number of aryl methyl sites for hydroxylation is 1. The van der Waals surface area contributed by atoms with Gasteiger partial charge in [-0.15, -0.1) is 0 Å². The van der Waals surface area contributed by atoms with Crippen LogP contribution in [0.4, 0.5) is 0 Å². The fourth-order valence-corrected chi connectivity index (χ4v) is 5.49. The van der Waals surface area contributed by atoms with Crippen molar-refractivity contribution in [2.24, 2.45) is 0 Å². The topological polar surface area (TPSA) is 49.7 Å². The Morgan fingerprint density at radius 3 is 1.55 bits per heavy atom. The van der Waals surface area contributed by atoms with E-state index in [1.54, 1.807) is 0 Å². The van der Waals surface area contributed by atoms with E-state index in [1.165, 1.54) is 83.5 Å². The SMILES string of the molecule is CCCCCCCCOc1c(OCCCCCC)c2ccc(OCCCCCC)cc2n(CCCCCCCC)c1=O. The molecule has 2 aromatic rings. The summed E-state index contributed by atoms with van der Waals surface area (Å²) in [7, 11) is 0. The Kier molecular flexibility index (Phi) is 20.0. The Morgan fingerprint density at radius 2 is 0.976 bits per heavy atom. The van der Waals surface area contributed by atoms with Crippen molar-refractivity contribution in [2.75, 3.05) is 19.8 Å². The number of benzene rings is 1. The Morgan fingerprint density at radius 1 is 0.524 bits per heavy atom. The first-order valence-corrected chi connectivity index (χ1v) is 17.8. The fourth-order valence-electron chi connectivity index (χ4n) is 5.49. The number of aromatic nitrogens is 1. The molecule has 0 saturated heterocycles. The van der Waals surface area contributed by atoms with E-state index in [4.69, 9.17) is 14.2 Å². The van der Waals surface area contributed by atoms with Crippen molar-refractivity contribution in [1.29, 1.82) is 0 Å². The summed E-state index contributed by atoms with van der Waals surface area (Å²) in [6.45, 7) is 11.5. The zero-order chi connectivity index (χ0) is 30.3. The molecular formula is C37H63NO4. The van der Waals surface area contributed by atoms with Gasteiger partial charge in [0.15, 0.2) is 5.75 Å². The van der Waals surface area contributed by atoms with E-state index in [2.05, 4.69) is 39.8 Å². The van der Waals surface area contributed by atoms with Crippen LogP contribution in [0, 0.1) is 0 Å². The van der Waals surface area contributed by atoms with E-state index in [9.17, 15) is 4.79 Å². The molecule has 0 aliphatic carbocycles. The quantitative estimate of drug-likeness (QED) is 0.0978. The van der Waals surface area contributed by atoms with E-state index in [-0.39, 0.29) is 5.56 Å². The first kappa shape index (κ1) is 36.0. The summed E-state index contributed by atoms with van der Waals surface area (Å²) in [6.07, 6.45) is 23.4. The molecule has 0 unspecified atom stereocenters. The number of unbranched alkanes of at least 4 members (excludes halogenated alkanes) is 16. The maximum absolute atomic E-state index is 14.1. The van der Waals surface area contributed by atoms with Crippen LogP contribution in [0.1, 0.15) is 156 Å². The summed E-state index contributed by atoms with van der Waals surface area (Å²) in [4.78, 5) is 14.1. The molecule has 1 aromatic carbocycles. The standard InChI is InChI=1S/C37H63NO4/c1-5-9-13-17-19-21-27-38-34-31-32(40-28-22-15-11-7-3)25-26-33(34)35(41-29-23-16-12-8-4)36(37(38)39)42-30-24-20-18-14-10-6-2/h25-26,31H,5-24,27-30H2,1-4H3. The molecule has 1 aromatic heterocycles. The van der Waals surface area contributed by atoms with Crippen LogP contribution in [0.15, 0.2) is 23.0 Å². The molecule has 1 heterocycles. The Bertz CT molecular complexity index is 1010. The third-order valence-corrected chi connectivity index (χ3v) is 8.14. The molecule has 0 spiro atoms. The fraction of sp³-hybridized carbons (Fsp3) is 0.757. The Hall–Kier alpha value is -2.17. The first-order chi connectivity index (χ1) is 20.7. The second-order valence-electron chi connectivity index (χ2n) is 12.0.